The number of methoxy groups -OCH3 is 1. The average Bonchev–Trinajstić information content (AvgIpc) is 2.05. The molecule has 0 bridgehead atoms. The number of hydrogen-bond acceptors (Lipinski definition) is 3. The first-order chi connectivity index (χ1) is 5.65. The normalized spacial score (nSPS) is 8.69. The largest absolute Gasteiger partial charge is 1.00 e. The minimum Gasteiger partial charge on any atom is -1.00 e. The minimum atomic E-state index is -1.05. The Kier molecular flexibility index (Phi) is 4.83. The van der Waals surface area contributed by atoms with Crippen molar-refractivity contribution in [3.63, 3.8) is 0 Å². The van der Waals surface area contributed by atoms with Crippen LogP contribution >= 0.6 is 0 Å². The Bertz CT molecular complexity index is 316. The van der Waals surface area contributed by atoms with Crippen LogP contribution in [-0.4, -0.2) is 23.3 Å². The van der Waals surface area contributed by atoms with Gasteiger partial charge in [0.05, 0.1) is 12.7 Å². The number of carboxylic acid groups (broad SMARTS) is 1. The van der Waals surface area contributed by atoms with Crippen LogP contribution in [0.3, 0.4) is 0 Å². The van der Waals surface area contributed by atoms with E-state index in [1.54, 1.807) is 0 Å². The van der Waals surface area contributed by atoms with Gasteiger partial charge in [0.2, 0.25) is 0 Å². The molecule has 0 heterocycles. The molecule has 66 valence electrons. The van der Waals surface area contributed by atoms with Gasteiger partial charge in [-0.2, -0.15) is 0 Å². The Morgan fingerprint density at radius 1 is 1.54 bits per heavy atom. The van der Waals surface area contributed by atoms with Gasteiger partial charge in [0.1, 0.15) is 0 Å². The molecule has 0 aliphatic heterocycles. The minimum absolute atomic E-state index is 0. The van der Waals surface area contributed by atoms with Crippen LogP contribution < -0.4 is 34.3 Å². The van der Waals surface area contributed by atoms with Crippen LogP contribution in [0.5, 0.6) is 11.5 Å². The fourth-order valence-corrected chi connectivity index (χ4v) is 0.811. The van der Waals surface area contributed by atoms with Gasteiger partial charge in [-0.1, -0.05) is 0 Å². The molecule has 1 rings (SSSR count). The molecule has 0 unspecified atom stereocenters. The molecule has 0 aliphatic carbocycles. The van der Waals surface area contributed by atoms with Crippen molar-refractivity contribution >= 4 is 5.97 Å². The number of ether oxygens (including phenoxy) is 1. The van der Waals surface area contributed by atoms with Crippen molar-refractivity contribution < 1.29 is 50.7 Å². The molecule has 4 nitrogen and oxygen atoms in total. The summed E-state index contributed by atoms with van der Waals surface area (Å²) >= 11 is 0. The standard InChI is InChI=1S/C8H8O4.Na.H/c1-12-7-4-5(8(10)11)2-3-6(7)9;;/h2-4,9H,1H3,(H,10,11);;/q;+1;-1. The maximum absolute atomic E-state index is 10.4. The summed E-state index contributed by atoms with van der Waals surface area (Å²) in [5.74, 6) is -0.953. The molecule has 1 aromatic rings. The number of phenols is 1. The molecule has 0 saturated carbocycles. The van der Waals surface area contributed by atoms with Crippen molar-refractivity contribution in [2.45, 2.75) is 0 Å². The molecular weight excluding hydrogens is 183 g/mol. The third kappa shape index (κ3) is 2.91. The molecule has 0 spiro atoms. The van der Waals surface area contributed by atoms with Crippen LogP contribution in [0.4, 0.5) is 0 Å². The van der Waals surface area contributed by atoms with Crippen molar-refractivity contribution in [3.05, 3.63) is 23.8 Å². The van der Waals surface area contributed by atoms with E-state index >= 15 is 0 Å². The van der Waals surface area contributed by atoms with Crippen molar-refractivity contribution in [1.29, 1.82) is 0 Å². The number of phenolic OH excluding ortho intramolecular Hbond substituents is 1. The van der Waals surface area contributed by atoms with Gasteiger partial charge in [0.15, 0.2) is 11.5 Å². The topological polar surface area (TPSA) is 66.8 Å². The second-order valence-corrected chi connectivity index (χ2v) is 2.19. The van der Waals surface area contributed by atoms with Crippen molar-refractivity contribution in [1.82, 2.24) is 0 Å². The maximum Gasteiger partial charge on any atom is 1.00 e. The fourth-order valence-electron chi connectivity index (χ4n) is 0.811. The van der Waals surface area contributed by atoms with Gasteiger partial charge >= 0.3 is 35.5 Å². The second kappa shape index (κ2) is 5.11. The molecule has 1 aromatic carbocycles. The Hall–Kier alpha value is -0.710. The number of aromatic hydroxyl groups is 1. The first-order valence-corrected chi connectivity index (χ1v) is 3.25. The Morgan fingerprint density at radius 3 is 2.62 bits per heavy atom. The predicted octanol–water partition coefficient (Wildman–Crippen LogP) is -1.78. The second-order valence-electron chi connectivity index (χ2n) is 2.19. The molecule has 2 N–H and O–H groups in total. The number of aromatic carboxylic acids is 1. The third-order valence-electron chi connectivity index (χ3n) is 1.43. The third-order valence-corrected chi connectivity index (χ3v) is 1.43. The van der Waals surface area contributed by atoms with Crippen LogP contribution in [0, 0.1) is 0 Å². The summed E-state index contributed by atoms with van der Waals surface area (Å²) in [6.07, 6.45) is 0. The van der Waals surface area contributed by atoms with Gasteiger partial charge in [0.25, 0.3) is 0 Å². The van der Waals surface area contributed by atoms with Gasteiger partial charge in [-0.15, -0.1) is 0 Å². The van der Waals surface area contributed by atoms with Crippen LogP contribution in [-0.2, 0) is 0 Å². The van der Waals surface area contributed by atoms with E-state index in [4.69, 9.17) is 14.9 Å². The van der Waals surface area contributed by atoms with E-state index in [0.29, 0.717) is 0 Å². The number of carbonyl (C=O) groups is 1. The van der Waals surface area contributed by atoms with Gasteiger partial charge in [-0.25, -0.2) is 4.79 Å². The van der Waals surface area contributed by atoms with E-state index in [0.717, 1.165) is 0 Å². The molecule has 0 fully saturated rings. The zero-order chi connectivity index (χ0) is 9.14. The molecule has 0 radical (unpaired) electrons. The Balaban J connectivity index is 0. The smallest absolute Gasteiger partial charge is 1.00 e. The monoisotopic (exact) mass is 192 g/mol. The van der Waals surface area contributed by atoms with Crippen molar-refractivity contribution in [2.24, 2.45) is 0 Å². The van der Waals surface area contributed by atoms with E-state index in [-0.39, 0.29) is 48.0 Å². The molecule has 13 heavy (non-hydrogen) atoms. The van der Waals surface area contributed by atoms with E-state index in [1.165, 1.54) is 25.3 Å². The first kappa shape index (κ1) is 12.3. The summed E-state index contributed by atoms with van der Waals surface area (Å²) in [5, 5.41) is 17.7. The van der Waals surface area contributed by atoms with Crippen LogP contribution in [0.1, 0.15) is 11.8 Å². The average molecular weight is 192 g/mol. The van der Waals surface area contributed by atoms with Crippen LogP contribution in [0.25, 0.3) is 0 Å². The fraction of sp³-hybridized carbons (Fsp3) is 0.125. The van der Waals surface area contributed by atoms with Gasteiger partial charge in [-0.05, 0) is 18.2 Å². The molecule has 5 heteroatoms. The maximum atomic E-state index is 10.4. The van der Waals surface area contributed by atoms with Crippen LogP contribution in [0.15, 0.2) is 18.2 Å². The summed E-state index contributed by atoms with van der Waals surface area (Å²) in [6.45, 7) is 0. The summed E-state index contributed by atoms with van der Waals surface area (Å²) in [6, 6.07) is 3.85. The zero-order valence-corrected chi connectivity index (χ0v) is 9.44. The molecule has 0 saturated heterocycles. The number of hydrogen-bond donors (Lipinski definition) is 2. The van der Waals surface area contributed by atoms with Gasteiger partial charge in [0, 0.05) is 0 Å². The van der Waals surface area contributed by atoms with Crippen LogP contribution in [0.2, 0.25) is 0 Å². The van der Waals surface area contributed by atoms with E-state index in [2.05, 4.69) is 0 Å². The number of benzene rings is 1. The molecule has 0 aliphatic rings. The van der Waals surface area contributed by atoms with E-state index in [1.807, 2.05) is 0 Å². The molecule has 0 atom stereocenters. The Morgan fingerprint density at radius 2 is 2.15 bits per heavy atom. The zero-order valence-electron chi connectivity index (χ0n) is 8.44. The molecular formula is C8H9NaO4. The van der Waals surface area contributed by atoms with Crippen molar-refractivity contribution in [2.75, 3.05) is 7.11 Å². The predicted molar refractivity (Wildman–Crippen MR) is 42.7 cm³/mol. The summed E-state index contributed by atoms with van der Waals surface area (Å²) in [7, 11) is 1.36. The van der Waals surface area contributed by atoms with Crippen molar-refractivity contribution in [3.8, 4) is 11.5 Å². The number of rotatable bonds is 2. The number of carboxylic acids is 1. The van der Waals surface area contributed by atoms with Gasteiger partial charge < -0.3 is 16.4 Å². The first-order valence-electron chi connectivity index (χ1n) is 3.25. The molecule has 0 aromatic heterocycles. The van der Waals surface area contributed by atoms with E-state index < -0.39 is 5.97 Å². The Labute approximate surface area is 98.9 Å². The summed E-state index contributed by atoms with van der Waals surface area (Å²) in [4.78, 5) is 10.4. The summed E-state index contributed by atoms with van der Waals surface area (Å²) in [5.41, 5.74) is 0.0876. The van der Waals surface area contributed by atoms with Gasteiger partial charge in [-0.3, -0.25) is 0 Å². The summed E-state index contributed by atoms with van der Waals surface area (Å²) < 4.78 is 4.72. The SMILES string of the molecule is COc1cc(C(=O)O)ccc1O.[H-].[Na+]. The quantitative estimate of drug-likeness (QED) is 0.543. The van der Waals surface area contributed by atoms with E-state index in [9.17, 15) is 4.79 Å². The molecule has 0 amide bonds.